The molecule has 0 aliphatic heterocycles. The Balaban J connectivity index is 2.00. The molecule has 0 bridgehead atoms. The van der Waals surface area contributed by atoms with Gasteiger partial charge in [-0.2, -0.15) is 4.98 Å². The number of halogens is 2. The van der Waals surface area contributed by atoms with E-state index >= 15 is 0 Å². The minimum absolute atomic E-state index is 0.0656. The molecule has 6 nitrogen and oxygen atoms in total. The summed E-state index contributed by atoms with van der Waals surface area (Å²) in [6.07, 6.45) is 3.35. The number of hydrogen-bond donors (Lipinski definition) is 3. The number of benzene rings is 1. The van der Waals surface area contributed by atoms with Gasteiger partial charge >= 0.3 is 0 Å². The van der Waals surface area contributed by atoms with Crippen LogP contribution in [0.2, 0.25) is 5.02 Å². The second-order valence-corrected chi connectivity index (χ2v) is 7.07. The molecule has 0 fully saturated rings. The first-order chi connectivity index (χ1) is 13.5. The number of hydrogen-bond acceptors (Lipinski definition) is 6. The molecule has 0 saturated heterocycles. The maximum Gasteiger partial charge on any atom is 0.225 e. The van der Waals surface area contributed by atoms with Gasteiger partial charge in [-0.3, -0.25) is 4.98 Å². The highest BCUT2D eigenvalue weighted by Crippen LogP contribution is 2.26. The number of anilines is 3. The van der Waals surface area contributed by atoms with Crippen LogP contribution in [-0.4, -0.2) is 32.7 Å². The first-order valence-corrected chi connectivity index (χ1v) is 9.23. The van der Waals surface area contributed by atoms with E-state index in [-0.39, 0.29) is 24.3 Å². The number of nitrogens with one attached hydrogen (secondary N) is 2. The molecule has 0 spiro atoms. The van der Waals surface area contributed by atoms with Gasteiger partial charge in [-0.25, -0.2) is 9.37 Å². The SMILES string of the molecule is CC(C)[C@H](CO)Nc1nc(Nc2cc(Cl)ccc2F)cc(-c2cccnc2)n1. The van der Waals surface area contributed by atoms with Crippen molar-refractivity contribution in [2.75, 3.05) is 17.2 Å². The van der Waals surface area contributed by atoms with Crippen molar-refractivity contribution in [3.05, 3.63) is 59.6 Å². The second kappa shape index (κ2) is 8.95. The van der Waals surface area contributed by atoms with Crippen molar-refractivity contribution in [2.24, 2.45) is 5.92 Å². The average molecular weight is 402 g/mol. The van der Waals surface area contributed by atoms with Gasteiger partial charge in [-0.15, -0.1) is 0 Å². The zero-order chi connectivity index (χ0) is 20.1. The van der Waals surface area contributed by atoms with Crippen LogP contribution < -0.4 is 10.6 Å². The Morgan fingerprint density at radius 2 is 2.00 bits per heavy atom. The predicted octanol–water partition coefficient (Wildman–Crippen LogP) is 4.50. The lowest BCUT2D eigenvalue weighted by atomic mass is 10.1. The summed E-state index contributed by atoms with van der Waals surface area (Å²) in [5.41, 5.74) is 1.60. The van der Waals surface area contributed by atoms with E-state index in [1.165, 1.54) is 18.2 Å². The van der Waals surface area contributed by atoms with Gasteiger partial charge in [0.05, 0.1) is 24.0 Å². The van der Waals surface area contributed by atoms with Gasteiger partial charge in [0.25, 0.3) is 0 Å². The lowest BCUT2D eigenvalue weighted by molar-refractivity contribution is 0.248. The second-order valence-electron chi connectivity index (χ2n) is 6.63. The molecule has 28 heavy (non-hydrogen) atoms. The van der Waals surface area contributed by atoms with E-state index in [1.807, 2.05) is 19.9 Å². The number of rotatable bonds is 7. The average Bonchev–Trinajstić information content (AvgIpc) is 2.69. The molecule has 1 atom stereocenters. The zero-order valence-corrected chi connectivity index (χ0v) is 16.3. The van der Waals surface area contributed by atoms with Crippen molar-refractivity contribution in [3.63, 3.8) is 0 Å². The predicted molar refractivity (Wildman–Crippen MR) is 109 cm³/mol. The monoisotopic (exact) mass is 401 g/mol. The fraction of sp³-hybridized carbons (Fsp3) is 0.250. The molecule has 1 aromatic carbocycles. The van der Waals surface area contributed by atoms with Crippen molar-refractivity contribution in [1.29, 1.82) is 0 Å². The Hall–Kier alpha value is -2.77. The third-order valence-corrected chi connectivity index (χ3v) is 4.43. The third-order valence-electron chi connectivity index (χ3n) is 4.19. The smallest absolute Gasteiger partial charge is 0.225 e. The number of nitrogens with zero attached hydrogens (tertiary/aromatic N) is 3. The summed E-state index contributed by atoms with van der Waals surface area (Å²) in [5.74, 6) is 0.422. The number of aliphatic hydroxyl groups is 1. The Bertz CT molecular complexity index is 939. The summed E-state index contributed by atoms with van der Waals surface area (Å²) in [6, 6.07) is 9.40. The molecule has 0 unspecified atom stereocenters. The highest BCUT2D eigenvalue weighted by atomic mass is 35.5. The van der Waals surface area contributed by atoms with Gasteiger partial charge in [-0.05, 0) is 36.2 Å². The first-order valence-electron chi connectivity index (χ1n) is 8.85. The van der Waals surface area contributed by atoms with Crippen LogP contribution in [0.15, 0.2) is 48.8 Å². The van der Waals surface area contributed by atoms with Crippen LogP contribution >= 0.6 is 11.6 Å². The Morgan fingerprint density at radius 3 is 2.68 bits per heavy atom. The third kappa shape index (κ3) is 4.94. The molecule has 0 radical (unpaired) electrons. The van der Waals surface area contributed by atoms with Crippen molar-refractivity contribution in [2.45, 2.75) is 19.9 Å². The zero-order valence-electron chi connectivity index (χ0n) is 15.5. The standard InChI is InChI=1S/C20H21ClFN5O/c1-12(2)18(11-28)26-20-25-16(13-4-3-7-23-10-13)9-19(27-20)24-17-8-14(21)5-6-15(17)22/h3-10,12,18,28H,11H2,1-2H3,(H2,24,25,26,27)/t18-/m0/s1. The van der Waals surface area contributed by atoms with E-state index in [9.17, 15) is 9.50 Å². The number of aromatic nitrogens is 3. The normalized spacial score (nSPS) is 12.1. The Kier molecular flexibility index (Phi) is 6.38. The van der Waals surface area contributed by atoms with Gasteiger partial charge in [0, 0.05) is 29.0 Å². The van der Waals surface area contributed by atoms with Gasteiger partial charge < -0.3 is 15.7 Å². The van der Waals surface area contributed by atoms with Crippen molar-refractivity contribution >= 4 is 29.1 Å². The molecule has 0 aliphatic rings. The van der Waals surface area contributed by atoms with Crippen LogP contribution in [0.1, 0.15) is 13.8 Å². The number of pyridine rings is 1. The van der Waals surface area contributed by atoms with E-state index in [0.29, 0.717) is 22.5 Å². The van der Waals surface area contributed by atoms with Crippen LogP contribution in [0.5, 0.6) is 0 Å². The van der Waals surface area contributed by atoms with E-state index < -0.39 is 5.82 Å². The van der Waals surface area contributed by atoms with Gasteiger partial charge in [0.2, 0.25) is 5.95 Å². The maximum atomic E-state index is 14.1. The van der Waals surface area contributed by atoms with Crippen LogP contribution in [-0.2, 0) is 0 Å². The number of aliphatic hydroxyl groups excluding tert-OH is 1. The lowest BCUT2D eigenvalue weighted by Crippen LogP contribution is -2.30. The van der Waals surface area contributed by atoms with Crippen molar-refractivity contribution in [1.82, 2.24) is 15.0 Å². The van der Waals surface area contributed by atoms with E-state index in [1.54, 1.807) is 24.5 Å². The fourth-order valence-corrected chi connectivity index (χ4v) is 2.73. The summed E-state index contributed by atoms with van der Waals surface area (Å²) < 4.78 is 14.1. The first kappa shape index (κ1) is 20.0. The molecule has 2 heterocycles. The molecule has 0 aliphatic carbocycles. The highest BCUT2D eigenvalue weighted by Gasteiger charge is 2.15. The van der Waals surface area contributed by atoms with E-state index in [2.05, 4.69) is 25.6 Å². The summed E-state index contributed by atoms with van der Waals surface area (Å²) in [5, 5.41) is 16.1. The van der Waals surface area contributed by atoms with Crippen molar-refractivity contribution < 1.29 is 9.50 Å². The Labute approximate surface area is 167 Å². The summed E-state index contributed by atoms with van der Waals surface area (Å²) in [7, 11) is 0. The molecule has 3 aromatic rings. The van der Waals surface area contributed by atoms with Crippen LogP contribution in [0.25, 0.3) is 11.3 Å². The van der Waals surface area contributed by atoms with Gasteiger partial charge in [0.1, 0.15) is 11.6 Å². The van der Waals surface area contributed by atoms with Crippen LogP contribution in [0, 0.1) is 11.7 Å². The van der Waals surface area contributed by atoms with Crippen molar-refractivity contribution in [3.8, 4) is 11.3 Å². The minimum atomic E-state index is -0.448. The topological polar surface area (TPSA) is 83.0 Å². The molecular formula is C20H21ClFN5O. The maximum absolute atomic E-state index is 14.1. The molecule has 3 rings (SSSR count). The lowest BCUT2D eigenvalue weighted by Gasteiger charge is -2.20. The molecular weight excluding hydrogens is 381 g/mol. The van der Waals surface area contributed by atoms with Crippen LogP contribution in [0.3, 0.4) is 0 Å². The van der Waals surface area contributed by atoms with Crippen LogP contribution in [0.4, 0.5) is 21.8 Å². The largest absolute Gasteiger partial charge is 0.394 e. The van der Waals surface area contributed by atoms with E-state index in [4.69, 9.17) is 11.6 Å². The molecule has 3 N–H and O–H groups in total. The highest BCUT2D eigenvalue weighted by molar-refractivity contribution is 6.30. The molecule has 0 amide bonds. The molecule has 2 aromatic heterocycles. The summed E-state index contributed by atoms with van der Waals surface area (Å²) >= 11 is 5.98. The summed E-state index contributed by atoms with van der Waals surface area (Å²) in [6.45, 7) is 3.91. The van der Waals surface area contributed by atoms with Gasteiger partial charge in [-0.1, -0.05) is 25.4 Å². The molecule has 146 valence electrons. The quantitative estimate of drug-likeness (QED) is 0.540. The Morgan fingerprint density at radius 1 is 1.18 bits per heavy atom. The summed E-state index contributed by atoms with van der Waals surface area (Å²) in [4.78, 5) is 13.1. The minimum Gasteiger partial charge on any atom is -0.394 e. The van der Waals surface area contributed by atoms with E-state index in [0.717, 1.165) is 5.56 Å². The molecule has 8 heteroatoms. The van der Waals surface area contributed by atoms with Gasteiger partial charge in [0.15, 0.2) is 0 Å². The fourth-order valence-electron chi connectivity index (χ4n) is 2.56. The molecule has 0 saturated carbocycles.